The average molecular weight is 523 g/mol. The van der Waals surface area contributed by atoms with Crippen LogP contribution in [0.1, 0.15) is 48.8 Å². The monoisotopic (exact) mass is 522 g/mol. The molecular formula is C27H27ClN4OS2. The summed E-state index contributed by atoms with van der Waals surface area (Å²) in [6.07, 6.45) is 6.29. The maximum absolute atomic E-state index is 12.7. The molecule has 0 fully saturated rings. The lowest BCUT2D eigenvalue weighted by molar-refractivity contribution is -0.113. The van der Waals surface area contributed by atoms with Crippen LogP contribution in [0.15, 0.2) is 52.5 Å². The molecule has 0 aliphatic heterocycles. The summed E-state index contributed by atoms with van der Waals surface area (Å²) in [4.78, 5) is 23.4. The van der Waals surface area contributed by atoms with Crippen LogP contribution < -0.4 is 5.32 Å². The van der Waals surface area contributed by atoms with Crippen molar-refractivity contribution in [3.8, 4) is 6.07 Å². The molecule has 4 rings (SSSR count). The highest BCUT2D eigenvalue weighted by Crippen LogP contribution is 2.44. The summed E-state index contributed by atoms with van der Waals surface area (Å²) in [5.74, 6) is 0.755. The van der Waals surface area contributed by atoms with E-state index < -0.39 is 0 Å². The van der Waals surface area contributed by atoms with Gasteiger partial charge in [-0.25, -0.2) is 4.98 Å². The van der Waals surface area contributed by atoms with Crippen molar-refractivity contribution in [2.24, 2.45) is 16.3 Å². The number of thiophene rings is 1. The number of aromatic nitrogens is 1. The van der Waals surface area contributed by atoms with E-state index in [9.17, 15) is 10.1 Å². The van der Waals surface area contributed by atoms with E-state index in [0.717, 1.165) is 41.0 Å². The number of hydrogen-bond donors (Lipinski definition) is 1. The molecule has 1 amide bonds. The number of pyridine rings is 1. The lowest BCUT2D eigenvalue weighted by Crippen LogP contribution is -2.26. The molecule has 3 aromatic rings. The Bertz CT molecular complexity index is 1290. The molecule has 1 atom stereocenters. The van der Waals surface area contributed by atoms with Crippen molar-refractivity contribution in [1.82, 2.24) is 4.98 Å². The number of hydrogen-bond acceptors (Lipinski definition) is 6. The van der Waals surface area contributed by atoms with Crippen LogP contribution in [0.5, 0.6) is 0 Å². The van der Waals surface area contributed by atoms with E-state index >= 15 is 0 Å². The highest BCUT2D eigenvalue weighted by molar-refractivity contribution is 8.00. The molecule has 1 aromatic carbocycles. The number of nitrogens with zero attached hydrogens (tertiary/aromatic N) is 3. The number of rotatable bonds is 6. The van der Waals surface area contributed by atoms with Gasteiger partial charge in [0.2, 0.25) is 5.91 Å². The van der Waals surface area contributed by atoms with Gasteiger partial charge in [0.15, 0.2) is 0 Å². The second-order valence-corrected chi connectivity index (χ2v) is 12.1. The van der Waals surface area contributed by atoms with Crippen molar-refractivity contribution < 1.29 is 4.79 Å². The van der Waals surface area contributed by atoms with Crippen LogP contribution in [0.4, 0.5) is 10.7 Å². The van der Waals surface area contributed by atoms with Crippen molar-refractivity contribution in [3.05, 3.63) is 69.3 Å². The molecule has 0 saturated heterocycles. The van der Waals surface area contributed by atoms with E-state index in [4.69, 9.17) is 11.6 Å². The van der Waals surface area contributed by atoms with E-state index in [2.05, 4.69) is 42.1 Å². The molecular weight excluding hydrogens is 496 g/mol. The second-order valence-electron chi connectivity index (χ2n) is 9.60. The summed E-state index contributed by atoms with van der Waals surface area (Å²) in [6.45, 7) is 6.82. The number of nitrogens with one attached hydrogen (secondary N) is 1. The predicted molar refractivity (Wildman–Crippen MR) is 146 cm³/mol. The minimum absolute atomic E-state index is 0.106. The number of carbonyl (C=O) groups is 1. The van der Waals surface area contributed by atoms with Gasteiger partial charge in [-0.15, -0.1) is 23.1 Å². The van der Waals surface area contributed by atoms with Crippen LogP contribution in [0.25, 0.3) is 0 Å². The summed E-state index contributed by atoms with van der Waals surface area (Å²) in [6, 6.07) is 13.7. The molecule has 35 heavy (non-hydrogen) atoms. The first-order chi connectivity index (χ1) is 16.7. The number of benzene rings is 1. The molecule has 180 valence electrons. The summed E-state index contributed by atoms with van der Waals surface area (Å²) in [7, 11) is 0. The second kappa shape index (κ2) is 10.9. The number of carbonyl (C=O) groups excluding carboxylic acids is 1. The van der Waals surface area contributed by atoms with Crippen LogP contribution in [-0.4, -0.2) is 22.9 Å². The zero-order valence-corrected chi connectivity index (χ0v) is 22.4. The quantitative estimate of drug-likeness (QED) is 0.209. The Labute approximate surface area is 219 Å². The van der Waals surface area contributed by atoms with Crippen LogP contribution in [-0.2, 0) is 17.6 Å². The largest absolute Gasteiger partial charge is 0.316 e. The van der Waals surface area contributed by atoms with Crippen LogP contribution in [0.2, 0.25) is 5.15 Å². The summed E-state index contributed by atoms with van der Waals surface area (Å²) < 4.78 is 0. The lowest BCUT2D eigenvalue weighted by Gasteiger charge is -2.33. The molecule has 0 radical (unpaired) electrons. The van der Waals surface area contributed by atoms with Gasteiger partial charge < -0.3 is 5.32 Å². The number of amides is 1. The van der Waals surface area contributed by atoms with Crippen molar-refractivity contribution >= 4 is 57.5 Å². The molecule has 0 bridgehead atoms. The summed E-state index contributed by atoms with van der Waals surface area (Å²) in [5.41, 5.74) is 3.55. The number of anilines is 1. The van der Waals surface area contributed by atoms with Crippen LogP contribution in [0.3, 0.4) is 0 Å². The van der Waals surface area contributed by atoms with E-state index in [0.29, 0.717) is 21.6 Å². The van der Waals surface area contributed by atoms with Gasteiger partial charge >= 0.3 is 0 Å². The highest BCUT2D eigenvalue weighted by Gasteiger charge is 2.32. The minimum Gasteiger partial charge on any atom is -0.316 e. The Morgan fingerprint density at radius 2 is 2.11 bits per heavy atom. The lowest BCUT2D eigenvalue weighted by atomic mass is 9.72. The first-order valence-corrected chi connectivity index (χ1v) is 13.6. The number of nitriles is 1. The fourth-order valence-electron chi connectivity index (χ4n) is 4.11. The minimum atomic E-state index is -0.106. The Morgan fingerprint density at radius 3 is 2.80 bits per heavy atom. The number of fused-ring (bicyclic) bond motifs is 1. The molecule has 0 spiro atoms. The summed E-state index contributed by atoms with van der Waals surface area (Å²) >= 11 is 9.08. The van der Waals surface area contributed by atoms with Gasteiger partial charge in [0, 0.05) is 27.7 Å². The Kier molecular flexibility index (Phi) is 7.95. The Morgan fingerprint density at radius 1 is 1.34 bits per heavy atom. The topological polar surface area (TPSA) is 78.1 Å². The number of halogens is 1. The van der Waals surface area contributed by atoms with Gasteiger partial charge in [0.25, 0.3) is 0 Å². The summed E-state index contributed by atoms with van der Waals surface area (Å²) in [5, 5.41) is 13.8. The van der Waals surface area contributed by atoms with Crippen molar-refractivity contribution in [2.75, 3.05) is 11.1 Å². The SMILES string of the molecule is CC(C)(C)[C@@H]1CCc2c(sc(NC(=O)CSc3ccc(N=Cc4cccnc4Cl)cc3)c2C#N)C1. The normalized spacial score (nSPS) is 15.6. The van der Waals surface area contributed by atoms with Crippen molar-refractivity contribution in [1.29, 1.82) is 5.26 Å². The predicted octanol–water partition coefficient (Wildman–Crippen LogP) is 7.30. The third kappa shape index (κ3) is 6.32. The molecule has 1 aliphatic carbocycles. The van der Waals surface area contributed by atoms with Crippen LogP contribution >= 0.6 is 34.7 Å². The first-order valence-electron chi connectivity index (χ1n) is 11.5. The van der Waals surface area contributed by atoms with E-state index in [1.807, 2.05) is 36.4 Å². The molecule has 2 heterocycles. The van der Waals surface area contributed by atoms with Gasteiger partial charge in [-0.3, -0.25) is 9.79 Å². The van der Waals surface area contributed by atoms with Gasteiger partial charge in [-0.2, -0.15) is 5.26 Å². The zero-order chi connectivity index (χ0) is 25.0. The Balaban J connectivity index is 1.35. The third-order valence-corrected chi connectivity index (χ3v) is 8.70. The number of aliphatic imine (C=N–C) groups is 1. The Hall–Kier alpha value is -2.66. The molecule has 1 N–H and O–H groups in total. The zero-order valence-electron chi connectivity index (χ0n) is 20.0. The average Bonchev–Trinajstić information content (AvgIpc) is 3.18. The van der Waals surface area contributed by atoms with Gasteiger partial charge in [0.05, 0.1) is 17.0 Å². The van der Waals surface area contributed by atoms with Gasteiger partial charge in [0.1, 0.15) is 16.2 Å². The van der Waals surface area contributed by atoms with Crippen molar-refractivity contribution in [2.45, 2.75) is 44.9 Å². The fourth-order valence-corrected chi connectivity index (χ4v) is 6.27. The molecule has 0 saturated carbocycles. The highest BCUT2D eigenvalue weighted by atomic mass is 35.5. The van der Waals surface area contributed by atoms with Gasteiger partial charge in [-0.05, 0) is 72.6 Å². The maximum Gasteiger partial charge on any atom is 0.235 e. The van der Waals surface area contributed by atoms with E-state index in [-0.39, 0.29) is 17.1 Å². The molecule has 2 aromatic heterocycles. The van der Waals surface area contributed by atoms with Gasteiger partial charge in [-0.1, -0.05) is 32.4 Å². The molecule has 5 nitrogen and oxygen atoms in total. The smallest absolute Gasteiger partial charge is 0.235 e. The third-order valence-electron chi connectivity index (χ3n) is 6.20. The fraction of sp³-hybridized carbons (Fsp3) is 0.333. The first kappa shape index (κ1) is 25.4. The molecule has 1 aliphatic rings. The van der Waals surface area contributed by atoms with E-state index in [1.165, 1.54) is 16.6 Å². The van der Waals surface area contributed by atoms with Crippen LogP contribution in [0, 0.1) is 22.7 Å². The maximum atomic E-state index is 12.7. The molecule has 0 unspecified atom stereocenters. The standard InChI is InChI=1S/C27H27ClN4OS2/c1-27(2,3)18-6-11-21-22(14-29)26(35-23(21)13-18)32-24(33)16-34-20-9-7-19(8-10-20)31-15-17-5-4-12-30-25(17)28/h4-5,7-10,12,15,18H,6,11,13,16H2,1-3H3,(H,32,33)/t18-/m1/s1. The van der Waals surface area contributed by atoms with Crippen molar-refractivity contribution in [3.63, 3.8) is 0 Å². The van der Waals surface area contributed by atoms with E-state index in [1.54, 1.807) is 23.7 Å². The molecule has 8 heteroatoms. The number of thioether (sulfide) groups is 1.